The van der Waals surface area contributed by atoms with Crippen LogP contribution in [-0.2, 0) is 19.1 Å². The molecule has 1 unspecified atom stereocenters. The summed E-state index contributed by atoms with van der Waals surface area (Å²) >= 11 is 0. The first-order valence-electron chi connectivity index (χ1n) is 5.24. The number of benzene rings is 1. The zero-order chi connectivity index (χ0) is 12.3. The van der Waals surface area contributed by atoms with E-state index in [9.17, 15) is 9.59 Å². The van der Waals surface area contributed by atoms with E-state index < -0.39 is 5.97 Å². The predicted octanol–water partition coefficient (Wildman–Crippen LogP) is 1.77. The van der Waals surface area contributed by atoms with Gasteiger partial charge in [-0.15, -0.1) is 0 Å². The first kappa shape index (κ1) is 11.4. The van der Waals surface area contributed by atoms with Crippen molar-refractivity contribution in [2.75, 3.05) is 7.11 Å². The number of methoxy groups -OCH3 is 1. The maximum absolute atomic E-state index is 11.7. The summed E-state index contributed by atoms with van der Waals surface area (Å²) in [5, 5.41) is 0. The Kier molecular flexibility index (Phi) is 3.23. The van der Waals surface area contributed by atoms with E-state index >= 15 is 0 Å². The Morgan fingerprint density at radius 2 is 2.06 bits per heavy atom. The number of carbonyl (C=O) groups excluding carboxylic acids is 2. The van der Waals surface area contributed by atoms with Gasteiger partial charge in [-0.2, -0.15) is 0 Å². The van der Waals surface area contributed by atoms with Crippen LogP contribution >= 0.6 is 0 Å². The van der Waals surface area contributed by atoms with Crippen LogP contribution in [0.2, 0.25) is 0 Å². The van der Waals surface area contributed by atoms with E-state index in [1.807, 2.05) is 30.3 Å². The Morgan fingerprint density at radius 1 is 1.35 bits per heavy atom. The highest BCUT2D eigenvalue weighted by molar-refractivity contribution is 6.17. The highest BCUT2D eigenvalue weighted by Gasteiger charge is 2.28. The number of carbonyl (C=O) groups is 2. The van der Waals surface area contributed by atoms with Gasteiger partial charge in [-0.05, 0) is 5.56 Å². The van der Waals surface area contributed by atoms with E-state index in [1.165, 1.54) is 13.4 Å². The van der Waals surface area contributed by atoms with Crippen LogP contribution in [0.1, 0.15) is 18.1 Å². The van der Waals surface area contributed by atoms with Crippen LogP contribution in [0.3, 0.4) is 0 Å². The van der Waals surface area contributed by atoms with Crippen molar-refractivity contribution in [2.45, 2.75) is 12.5 Å². The summed E-state index contributed by atoms with van der Waals surface area (Å²) in [7, 11) is 1.24. The van der Waals surface area contributed by atoms with E-state index in [2.05, 4.69) is 4.74 Å². The fourth-order valence-electron chi connectivity index (χ4n) is 1.68. The zero-order valence-electron chi connectivity index (χ0n) is 9.38. The van der Waals surface area contributed by atoms with Crippen LogP contribution < -0.4 is 0 Å². The molecule has 0 aromatic heterocycles. The van der Waals surface area contributed by atoms with Gasteiger partial charge in [0, 0.05) is 0 Å². The third kappa shape index (κ3) is 2.36. The van der Waals surface area contributed by atoms with Gasteiger partial charge in [0.05, 0.1) is 13.5 Å². The molecule has 0 N–H and O–H groups in total. The van der Waals surface area contributed by atoms with Crippen molar-refractivity contribution in [3.05, 3.63) is 47.7 Å². The number of ether oxygens (including phenoxy) is 2. The van der Waals surface area contributed by atoms with Gasteiger partial charge in [-0.3, -0.25) is 4.79 Å². The first-order chi connectivity index (χ1) is 8.22. The Hall–Kier alpha value is -2.10. The molecule has 0 bridgehead atoms. The molecular formula is C13H12O4. The Labute approximate surface area is 98.8 Å². The van der Waals surface area contributed by atoms with Crippen LogP contribution in [0, 0.1) is 0 Å². The first-order valence-corrected chi connectivity index (χ1v) is 5.24. The maximum Gasteiger partial charge on any atom is 0.344 e. The summed E-state index contributed by atoms with van der Waals surface area (Å²) in [6.45, 7) is 0. The third-order valence-corrected chi connectivity index (χ3v) is 2.60. The summed E-state index contributed by atoms with van der Waals surface area (Å²) in [5.41, 5.74) is 0.890. The minimum atomic E-state index is -0.651. The van der Waals surface area contributed by atoms with Crippen LogP contribution in [0.25, 0.3) is 0 Å². The quantitative estimate of drug-likeness (QED) is 0.576. The largest absolute Gasteiger partial charge is 0.492 e. The van der Waals surface area contributed by atoms with Gasteiger partial charge < -0.3 is 9.47 Å². The molecule has 2 rings (SSSR count). The van der Waals surface area contributed by atoms with Crippen LogP contribution in [0.5, 0.6) is 0 Å². The van der Waals surface area contributed by atoms with Crippen molar-refractivity contribution in [2.24, 2.45) is 0 Å². The van der Waals surface area contributed by atoms with Gasteiger partial charge >= 0.3 is 5.97 Å². The zero-order valence-corrected chi connectivity index (χ0v) is 9.38. The van der Waals surface area contributed by atoms with Crippen molar-refractivity contribution in [3.8, 4) is 0 Å². The molecule has 0 saturated heterocycles. The molecule has 1 heterocycles. The molecule has 4 heteroatoms. The fourth-order valence-corrected chi connectivity index (χ4v) is 1.68. The molecule has 4 nitrogen and oxygen atoms in total. The summed E-state index contributed by atoms with van der Waals surface area (Å²) in [5.74, 6) is -0.904. The fraction of sp³-hybridized carbons (Fsp3) is 0.231. The number of rotatable bonds is 2. The minimum Gasteiger partial charge on any atom is -0.492 e. The Morgan fingerprint density at radius 3 is 2.65 bits per heavy atom. The average molecular weight is 232 g/mol. The summed E-state index contributed by atoms with van der Waals surface area (Å²) in [6, 6.07) is 9.42. The topological polar surface area (TPSA) is 52.6 Å². The van der Waals surface area contributed by atoms with E-state index in [1.54, 1.807) is 0 Å². The summed E-state index contributed by atoms with van der Waals surface area (Å²) < 4.78 is 9.88. The molecule has 0 aliphatic carbocycles. The number of esters is 1. The van der Waals surface area contributed by atoms with Crippen LogP contribution in [0.4, 0.5) is 0 Å². The van der Waals surface area contributed by atoms with E-state index in [-0.39, 0.29) is 23.9 Å². The molecule has 17 heavy (non-hydrogen) atoms. The standard InChI is InChI=1S/C13H12O4/c1-16-13(15)10-8-17-12(7-11(10)14)9-5-3-2-4-6-9/h2-6,8,12H,7H2,1H3. The second-order valence-electron chi connectivity index (χ2n) is 3.69. The highest BCUT2D eigenvalue weighted by atomic mass is 16.5. The van der Waals surface area contributed by atoms with Gasteiger partial charge in [0.2, 0.25) is 0 Å². The van der Waals surface area contributed by atoms with Crippen molar-refractivity contribution < 1.29 is 19.1 Å². The van der Waals surface area contributed by atoms with Gasteiger partial charge in [-0.1, -0.05) is 30.3 Å². The number of ketones is 1. The van der Waals surface area contributed by atoms with Gasteiger partial charge in [0.25, 0.3) is 0 Å². The lowest BCUT2D eigenvalue weighted by molar-refractivity contribution is -0.139. The molecule has 0 radical (unpaired) electrons. The molecule has 88 valence electrons. The smallest absolute Gasteiger partial charge is 0.344 e. The van der Waals surface area contributed by atoms with Crippen LogP contribution in [0.15, 0.2) is 42.2 Å². The molecule has 1 atom stereocenters. The van der Waals surface area contributed by atoms with Crippen molar-refractivity contribution in [1.82, 2.24) is 0 Å². The summed E-state index contributed by atoms with van der Waals surface area (Å²) in [4.78, 5) is 23.0. The lowest BCUT2D eigenvalue weighted by Gasteiger charge is -2.21. The lowest BCUT2D eigenvalue weighted by atomic mass is 9.99. The maximum atomic E-state index is 11.7. The second-order valence-corrected chi connectivity index (χ2v) is 3.69. The highest BCUT2D eigenvalue weighted by Crippen LogP contribution is 2.27. The van der Waals surface area contributed by atoms with Gasteiger partial charge in [-0.25, -0.2) is 4.79 Å². The molecule has 1 aromatic rings. The number of hydrogen-bond donors (Lipinski definition) is 0. The molecule has 0 fully saturated rings. The lowest BCUT2D eigenvalue weighted by Crippen LogP contribution is -2.22. The number of hydrogen-bond acceptors (Lipinski definition) is 4. The Bertz CT molecular complexity index is 462. The van der Waals surface area contributed by atoms with Crippen molar-refractivity contribution in [3.63, 3.8) is 0 Å². The van der Waals surface area contributed by atoms with Gasteiger partial charge in [0.1, 0.15) is 17.9 Å². The van der Waals surface area contributed by atoms with Gasteiger partial charge in [0.15, 0.2) is 5.78 Å². The van der Waals surface area contributed by atoms with E-state index in [0.29, 0.717) is 0 Å². The summed E-state index contributed by atoms with van der Waals surface area (Å²) in [6.07, 6.45) is 1.03. The molecule has 0 amide bonds. The minimum absolute atomic E-state index is 0.0281. The molecular weight excluding hydrogens is 220 g/mol. The monoisotopic (exact) mass is 232 g/mol. The SMILES string of the molecule is COC(=O)C1=COC(c2ccccc2)CC1=O. The van der Waals surface area contributed by atoms with Crippen LogP contribution in [-0.4, -0.2) is 18.9 Å². The number of Topliss-reactive ketones (excluding diaryl/α,β-unsaturated/α-hetero) is 1. The van der Waals surface area contributed by atoms with Crippen molar-refractivity contribution in [1.29, 1.82) is 0 Å². The van der Waals surface area contributed by atoms with E-state index in [0.717, 1.165) is 5.56 Å². The molecule has 0 saturated carbocycles. The predicted molar refractivity (Wildman–Crippen MR) is 60.0 cm³/mol. The second kappa shape index (κ2) is 4.82. The Balaban J connectivity index is 2.17. The molecule has 0 spiro atoms. The van der Waals surface area contributed by atoms with E-state index in [4.69, 9.17) is 4.74 Å². The normalized spacial score (nSPS) is 19.2. The average Bonchev–Trinajstić information content (AvgIpc) is 2.39. The van der Waals surface area contributed by atoms with Crippen molar-refractivity contribution >= 4 is 11.8 Å². The molecule has 1 aliphatic heterocycles. The molecule has 1 aromatic carbocycles. The third-order valence-electron chi connectivity index (χ3n) is 2.60. The molecule has 1 aliphatic rings.